The van der Waals surface area contributed by atoms with Crippen LogP contribution in [0.1, 0.15) is 16.9 Å². The van der Waals surface area contributed by atoms with Crippen molar-refractivity contribution in [2.45, 2.75) is 20.8 Å². The van der Waals surface area contributed by atoms with E-state index < -0.39 is 0 Å². The third-order valence-electron chi connectivity index (χ3n) is 3.15. The number of hydrogen-bond acceptors (Lipinski definition) is 4. The lowest BCUT2D eigenvalue weighted by molar-refractivity contribution is -0.118. The highest BCUT2D eigenvalue weighted by Crippen LogP contribution is 2.14. The van der Waals surface area contributed by atoms with Crippen molar-refractivity contribution in [1.29, 1.82) is 0 Å². The summed E-state index contributed by atoms with van der Waals surface area (Å²) in [6, 6.07) is 6.89. The zero-order valence-electron chi connectivity index (χ0n) is 12.2. The van der Waals surface area contributed by atoms with Crippen molar-refractivity contribution in [1.82, 2.24) is 0 Å². The van der Waals surface area contributed by atoms with Crippen LogP contribution in [-0.2, 0) is 4.79 Å². The maximum atomic E-state index is 11.8. The van der Waals surface area contributed by atoms with Crippen LogP contribution in [0.25, 0.3) is 0 Å². The molecular formula is C16H17NO4. The number of ether oxygens (including phenoxy) is 1. The summed E-state index contributed by atoms with van der Waals surface area (Å²) in [5.41, 5.74) is 2.64. The summed E-state index contributed by atoms with van der Waals surface area (Å²) in [6.07, 6.45) is 1.29. The van der Waals surface area contributed by atoms with Gasteiger partial charge in [-0.1, -0.05) is 6.07 Å². The second kappa shape index (κ2) is 6.26. The first-order chi connectivity index (χ1) is 9.97. The predicted molar refractivity (Wildman–Crippen MR) is 79.8 cm³/mol. The van der Waals surface area contributed by atoms with E-state index in [9.17, 15) is 9.59 Å². The molecule has 0 atom stereocenters. The lowest BCUT2D eigenvalue weighted by Gasteiger charge is -2.09. The van der Waals surface area contributed by atoms with Gasteiger partial charge < -0.3 is 14.5 Å². The molecule has 1 heterocycles. The van der Waals surface area contributed by atoms with Crippen molar-refractivity contribution in [2.75, 3.05) is 11.9 Å². The SMILES string of the molecule is Cc1ccc(NC(=O)COc2c(C)occc2=O)cc1C. The minimum Gasteiger partial charge on any atom is -0.476 e. The second-order valence-corrected chi connectivity index (χ2v) is 4.81. The molecule has 0 fully saturated rings. The summed E-state index contributed by atoms with van der Waals surface area (Å²) in [5, 5.41) is 2.72. The summed E-state index contributed by atoms with van der Waals surface area (Å²) in [5.74, 6) is 0.0788. The highest BCUT2D eigenvalue weighted by molar-refractivity contribution is 5.92. The van der Waals surface area contributed by atoms with Gasteiger partial charge >= 0.3 is 0 Å². The number of nitrogens with one attached hydrogen (secondary N) is 1. The van der Waals surface area contributed by atoms with Gasteiger partial charge in [-0.25, -0.2) is 0 Å². The molecule has 1 aromatic carbocycles. The van der Waals surface area contributed by atoms with Gasteiger partial charge in [-0.15, -0.1) is 0 Å². The first-order valence-electron chi connectivity index (χ1n) is 6.55. The molecule has 1 N–H and O–H groups in total. The van der Waals surface area contributed by atoms with E-state index in [1.807, 2.05) is 32.0 Å². The van der Waals surface area contributed by atoms with Gasteiger partial charge in [-0.3, -0.25) is 9.59 Å². The molecular weight excluding hydrogens is 270 g/mol. The van der Waals surface area contributed by atoms with Crippen LogP contribution in [-0.4, -0.2) is 12.5 Å². The van der Waals surface area contributed by atoms with Crippen molar-refractivity contribution < 1.29 is 13.9 Å². The zero-order valence-corrected chi connectivity index (χ0v) is 12.2. The van der Waals surface area contributed by atoms with Crippen LogP contribution in [0.4, 0.5) is 5.69 Å². The smallest absolute Gasteiger partial charge is 0.262 e. The monoisotopic (exact) mass is 287 g/mol. The van der Waals surface area contributed by atoms with Crippen LogP contribution in [0.3, 0.4) is 0 Å². The second-order valence-electron chi connectivity index (χ2n) is 4.81. The average molecular weight is 287 g/mol. The molecule has 0 spiro atoms. The zero-order chi connectivity index (χ0) is 15.4. The molecule has 5 nitrogen and oxygen atoms in total. The lowest BCUT2D eigenvalue weighted by atomic mass is 10.1. The molecule has 0 aliphatic rings. The van der Waals surface area contributed by atoms with E-state index in [1.54, 1.807) is 6.92 Å². The van der Waals surface area contributed by atoms with Crippen LogP contribution in [0.15, 0.2) is 39.7 Å². The Bertz CT molecular complexity index is 718. The fourth-order valence-electron chi connectivity index (χ4n) is 1.83. The van der Waals surface area contributed by atoms with Gasteiger partial charge in [0.25, 0.3) is 5.91 Å². The van der Waals surface area contributed by atoms with E-state index in [0.717, 1.165) is 11.1 Å². The largest absolute Gasteiger partial charge is 0.476 e. The van der Waals surface area contributed by atoms with Gasteiger partial charge in [0.1, 0.15) is 5.76 Å². The molecule has 0 saturated heterocycles. The molecule has 5 heteroatoms. The Morgan fingerprint density at radius 3 is 2.62 bits per heavy atom. The number of benzene rings is 1. The maximum absolute atomic E-state index is 11.8. The van der Waals surface area contributed by atoms with Gasteiger partial charge in [-0.05, 0) is 44.0 Å². The summed E-state index contributed by atoms with van der Waals surface area (Å²) in [6.45, 7) is 5.34. The molecule has 110 valence electrons. The standard InChI is InChI=1S/C16H17NO4/c1-10-4-5-13(8-11(10)2)17-15(19)9-21-16-12(3)20-7-6-14(16)18/h4-8H,9H2,1-3H3,(H,17,19). The van der Waals surface area contributed by atoms with Gasteiger partial charge in [0.05, 0.1) is 6.26 Å². The summed E-state index contributed by atoms with van der Waals surface area (Å²) >= 11 is 0. The maximum Gasteiger partial charge on any atom is 0.262 e. The van der Waals surface area contributed by atoms with Crippen molar-refractivity contribution in [3.05, 3.63) is 57.6 Å². The van der Waals surface area contributed by atoms with Crippen LogP contribution in [0, 0.1) is 20.8 Å². The Hall–Kier alpha value is -2.56. The normalized spacial score (nSPS) is 10.2. The third-order valence-corrected chi connectivity index (χ3v) is 3.15. The highest BCUT2D eigenvalue weighted by Gasteiger charge is 2.10. The van der Waals surface area contributed by atoms with Gasteiger partial charge in [0.15, 0.2) is 6.61 Å². The molecule has 0 aliphatic heterocycles. The third kappa shape index (κ3) is 3.72. The first-order valence-corrected chi connectivity index (χ1v) is 6.55. The number of hydrogen-bond donors (Lipinski definition) is 1. The summed E-state index contributed by atoms with van der Waals surface area (Å²) in [4.78, 5) is 23.4. The van der Waals surface area contributed by atoms with E-state index in [0.29, 0.717) is 11.4 Å². The van der Waals surface area contributed by atoms with E-state index in [1.165, 1.54) is 12.3 Å². The molecule has 1 aromatic heterocycles. The van der Waals surface area contributed by atoms with E-state index in [-0.39, 0.29) is 23.7 Å². The van der Waals surface area contributed by atoms with Crippen LogP contribution in [0.5, 0.6) is 5.75 Å². The molecule has 0 bridgehead atoms. The highest BCUT2D eigenvalue weighted by atomic mass is 16.5. The van der Waals surface area contributed by atoms with Crippen molar-refractivity contribution in [3.8, 4) is 5.75 Å². The van der Waals surface area contributed by atoms with E-state index in [2.05, 4.69) is 5.32 Å². The quantitative estimate of drug-likeness (QED) is 0.938. The Balaban J connectivity index is 1.99. The number of carbonyl (C=O) groups excluding carboxylic acids is 1. The number of anilines is 1. The molecule has 2 aromatic rings. The average Bonchev–Trinajstić information content (AvgIpc) is 2.42. The Labute approximate surface area is 122 Å². The fourth-order valence-corrected chi connectivity index (χ4v) is 1.83. The fraction of sp³-hybridized carbons (Fsp3) is 0.250. The van der Waals surface area contributed by atoms with Crippen molar-refractivity contribution in [3.63, 3.8) is 0 Å². The van der Waals surface area contributed by atoms with Crippen molar-refractivity contribution >= 4 is 11.6 Å². The Morgan fingerprint density at radius 2 is 1.95 bits per heavy atom. The van der Waals surface area contributed by atoms with Crippen molar-refractivity contribution in [2.24, 2.45) is 0 Å². The number of aryl methyl sites for hydroxylation is 3. The minimum atomic E-state index is -0.332. The molecule has 0 aliphatic carbocycles. The molecule has 0 radical (unpaired) electrons. The summed E-state index contributed by atoms with van der Waals surface area (Å²) in [7, 11) is 0. The lowest BCUT2D eigenvalue weighted by Crippen LogP contribution is -2.22. The first kappa shape index (κ1) is 14.8. The van der Waals surface area contributed by atoms with E-state index >= 15 is 0 Å². The topological polar surface area (TPSA) is 68.5 Å². The summed E-state index contributed by atoms with van der Waals surface area (Å²) < 4.78 is 10.3. The van der Waals surface area contributed by atoms with Gasteiger partial charge in [0.2, 0.25) is 11.2 Å². The number of carbonyl (C=O) groups is 1. The molecule has 0 saturated carbocycles. The van der Waals surface area contributed by atoms with Crippen LogP contribution in [0.2, 0.25) is 0 Å². The van der Waals surface area contributed by atoms with Gasteiger partial charge in [0, 0.05) is 11.8 Å². The predicted octanol–water partition coefficient (Wildman–Crippen LogP) is 2.58. The van der Waals surface area contributed by atoms with E-state index in [4.69, 9.17) is 9.15 Å². The number of rotatable bonds is 4. The number of amides is 1. The molecule has 21 heavy (non-hydrogen) atoms. The minimum absolute atomic E-state index is 0.0627. The molecule has 1 amide bonds. The van der Waals surface area contributed by atoms with Crippen LogP contribution < -0.4 is 15.5 Å². The molecule has 0 unspecified atom stereocenters. The Morgan fingerprint density at radius 1 is 1.19 bits per heavy atom. The molecule has 2 rings (SSSR count). The Kier molecular flexibility index (Phi) is 4.42. The van der Waals surface area contributed by atoms with Crippen LogP contribution >= 0.6 is 0 Å². The van der Waals surface area contributed by atoms with Gasteiger partial charge in [-0.2, -0.15) is 0 Å².